The first kappa shape index (κ1) is 16.2. The Morgan fingerprint density at radius 3 is 2.71 bits per heavy atom. The summed E-state index contributed by atoms with van der Waals surface area (Å²) in [5, 5.41) is 0. The fourth-order valence-electron chi connectivity index (χ4n) is 2.48. The number of benzene rings is 1. The Morgan fingerprint density at radius 1 is 1.38 bits per heavy atom. The molecule has 1 aliphatic heterocycles. The normalized spacial score (nSPS) is 15.2. The molecular formula is C16H20BrNO3. The van der Waals surface area contributed by atoms with Crippen molar-refractivity contribution in [2.24, 2.45) is 5.92 Å². The molecule has 0 saturated heterocycles. The summed E-state index contributed by atoms with van der Waals surface area (Å²) < 4.78 is 4.90. The van der Waals surface area contributed by atoms with Crippen LogP contribution in [0.4, 0.5) is 5.69 Å². The lowest BCUT2D eigenvalue weighted by atomic mass is 9.99. The lowest BCUT2D eigenvalue weighted by molar-refractivity contribution is -0.122. The van der Waals surface area contributed by atoms with Crippen molar-refractivity contribution in [3.8, 4) is 0 Å². The van der Waals surface area contributed by atoms with Crippen LogP contribution in [0.15, 0.2) is 18.2 Å². The van der Waals surface area contributed by atoms with E-state index < -0.39 is 0 Å². The Hall–Kier alpha value is -1.20. The SMILES string of the molecule is COCC(=O)N1CCc2cc(C(=O)C(Br)C(C)C)ccc21. The van der Waals surface area contributed by atoms with Gasteiger partial charge in [0.1, 0.15) is 6.61 Å². The van der Waals surface area contributed by atoms with E-state index in [9.17, 15) is 9.59 Å². The maximum atomic E-state index is 12.4. The molecule has 0 spiro atoms. The van der Waals surface area contributed by atoms with Gasteiger partial charge in [-0.25, -0.2) is 0 Å². The van der Waals surface area contributed by atoms with Gasteiger partial charge < -0.3 is 9.64 Å². The lowest BCUT2D eigenvalue weighted by Crippen LogP contribution is -2.32. The highest BCUT2D eigenvalue weighted by atomic mass is 79.9. The number of anilines is 1. The van der Waals surface area contributed by atoms with Crippen LogP contribution >= 0.6 is 15.9 Å². The number of carbonyl (C=O) groups is 2. The number of alkyl halides is 1. The Labute approximate surface area is 133 Å². The topological polar surface area (TPSA) is 46.6 Å². The number of hydrogen-bond acceptors (Lipinski definition) is 3. The summed E-state index contributed by atoms with van der Waals surface area (Å²) in [7, 11) is 1.51. The van der Waals surface area contributed by atoms with Gasteiger partial charge in [0.05, 0.1) is 4.83 Å². The molecule has 114 valence electrons. The number of carbonyl (C=O) groups excluding carboxylic acids is 2. The molecule has 0 bridgehead atoms. The Bertz CT molecular complexity index is 556. The molecule has 2 rings (SSSR count). The van der Waals surface area contributed by atoms with Crippen molar-refractivity contribution < 1.29 is 14.3 Å². The molecule has 1 amide bonds. The summed E-state index contributed by atoms with van der Waals surface area (Å²) >= 11 is 3.45. The number of ketones is 1. The van der Waals surface area contributed by atoms with Crippen molar-refractivity contribution in [2.75, 3.05) is 25.2 Å². The van der Waals surface area contributed by atoms with Gasteiger partial charge in [0.25, 0.3) is 5.91 Å². The summed E-state index contributed by atoms with van der Waals surface area (Å²) in [6.07, 6.45) is 0.778. The molecule has 0 aliphatic carbocycles. The van der Waals surface area contributed by atoms with Gasteiger partial charge in [0, 0.05) is 24.9 Å². The summed E-state index contributed by atoms with van der Waals surface area (Å²) in [4.78, 5) is 25.9. The van der Waals surface area contributed by atoms with E-state index in [-0.39, 0.29) is 29.0 Å². The zero-order valence-corrected chi connectivity index (χ0v) is 14.1. The number of nitrogens with zero attached hydrogens (tertiary/aromatic N) is 1. The Kier molecular flexibility index (Phi) is 5.17. The number of Topliss-reactive ketones (excluding diaryl/α,β-unsaturated/α-hetero) is 1. The predicted molar refractivity (Wildman–Crippen MR) is 86.3 cm³/mol. The van der Waals surface area contributed by atoms with Gasteiger partial charge in [-0.05, 0) is 36.1 Å². The minimum Gasteiger partial charge on any atom is -0.375 e. The smallest absolute Gasteiger partial charge is 0.252 e. The zero-order valence-electron chi connectivity index (χ0n) is 12.6. The third-order valence-corrected chi connectivity index (χ3v) is 5.14. The third-order valence-electron chi connectivity index (χ3n) is 3.66. The first-order valence-corrected chi connectivity index (χ1v) is 7.97. The Balaban J connectivity index is 2.22. The molecule has 5 heteroatoms. The van der Waals surface area contributed by atoms with Crippen molar-refractivity contribution in [3.05, 3.63) is 29.3 Å². The number of ether oxygens (including phenoxy) is 1. The highest BCUT2D eigenvalue weighted by molar-refractivity contribution is 9.10. The van der Waals surface area contributed by atoms with E-state index in [1.165, 1.54) is 7.11 Å². The van der Waals surface area contributed by atoms with Crippen LogP contribution in [0.25, 0.3) is 0 Å². The van der Waals surface area contributed by atoms with Crippen molar-refractivity contribution in [1.29, 1.82) is 0 Å². The minimum absolute atomic E-state index is 0.0455. The van der Waals surface area contributed by atoms with Crippen LogP contribution in [0, 0.1) is 5.92 Å². The summed E-state index contributed by atoms with van der Waals surface area (Å²) in [6, 6.07) is 5.58. The van der Waals surface area contributed by atoms with Gasteiger partial charge in [-0.15, -0.1) is 0 Å². The minimum atomic E-state index is -0.178. The maximum absolute atomic E-state index is 12.4. The molecule has 0 saturated carbocycles. The lowest BCUT2D eigenvalue weighted by Gasteiger charge is -2.17. The van der Waals surface area contributed by atoms with Gasteiger partial charge >= 0.3 is 0 Å². The quantitative estimate of drug-likeness (QED) is 0.604. The second-order valence-corrected chi connectivity index (χ2v) is 6.57. The fraction of sp³-hybridized carbons (Fsp3) is 0.500. The second-order valence-electron chi connectivity index (χ2n) is 5.58. The molecule has 1 heterocycles. The average Bonchev–Trinajstić information content (AvgIpc) is 2.88. The number of amides is 1. The van der Waals surface area contributed by atoms with Crippen molar-refractivity contribution >= 4 is 33.3 Å². The van der Waals surface area contributed by atoms with Gasteiger partial charge in [-0.1, -0.05) is 29.8 Å². The molecule has 1 unspecified atom stereocenters. The summed E-state index contributed by atoms with van der Waals surface area (Å²) in [5.41, 5.74) is 2.64. The predicted octanol–water partition coefficient (Wildman–Crippen LogP) is 2.82. The maximum Gasteiger partial charge on any atom is 0.252 e. The van der Waals surface area contributed by atoms with Crippen molar-refractivity contribution in [3.63, 3.8) is 0 Å². The van der Waals surface area contributed by atoms with Crippen LogP contribution in [-0.2, 0) is 16.0 Å². The van der Waals surface area contributed by atoms with E-state index in [0.717, 1.165) is 17.7 Å². The molecule has 1 atom stereocenters. The number of hydrogen-bond donors (Lipinski definition) is 0. The average molecular weight is 354 g/mol. The summed E-state index contributed by atoms with van der Waals surface area (Å²) in [5.74, 6) is 0.288. The highest BCUT2D eigenvalue weighted by Gasteiger charge is 2.27. The molecule has 0 fully saturated rings. The van der Waals surface area contributed by atoms with Crippen LogP contribution in [0.5, 0.6) is 0 Å². The molecule has 21 heavy (non-hydrogen) atoms. The van der Waals surface area contributed by atoms with Crippen LogP contribution in [-0.4, -0.2) is 36.8 Å². The first-order valence-electron chi connectivity index (χ1n) is 7.06. The standard InChI is InChI=1S/C16H20BrNO3/c1-10(2)15(17)16(20)12-4-5-13-11(8-12)6-7-18(13)14(19)9-21-3/h4-5,8,10,15H,6-7,9H2,1-3H3. The van der Waals surface area contributed by atoms with Gasteiger partial charge in [-0.2, -0.15) is 0 Å². The third kappa shape index (κ3) is 3.35. The Morgan fingerprint density at radius 2 is 2.10 bits per heavy atom. The van der Waals surface area contributed by atoms with E-state index in [0.29, 0.717) is 12.1 Å². The van der Waals surface area contributed by atoms with Gasteiger partial charge in [0.15, 0.2) is 5.78 Å². The molecule has 1 aromatic carbocycles. The number of fused-ring (bicyclic) bond motifs is 1. The van der Waals surface area contributed by atoms with Gasteiger partial charge in [0.2, 0.25) is 0 Å². The van der Waals surface area contributed by atoms with Crippen LogP contribution < -0.4 is 4.90 Å². The van der Waals surface area contributed by atoms with Crippen molar-refractivity contribution in [1.82, 2.24) is 0 Å². The molecule has 1 aromatic rings. The van der Waals surface area contributed by atoms with E-state index in [2.05, 4.69) is 15.9 Å². The molecule has 4 nitrogen and oxygen atoms in total. The summed E-state index contributed by atoms with van der Waals surface area (Å²) in [6.45, 7) is 4.75. The molecule has 0 N–H and O–H groups in total. The van der Waals surface area contributed by atoms with Gasteiger partial charge in [-0.3, -0.25) is 9.59 Å². The highest BCUT2D eigenvalue weighted by Crippen LogP contribution is 2.30. The second kappa shape index (κ2) is 6.71. The van der Waals surface area contributed by atoms with E-state index in [1.807, 2.05) is 26.0 Å². The fourth-order valence-corrected chi connectivity index (χ4v) is 2.74. The largest absolute Gasteiger partial charge is 0.375 e. The van der Waals surface area contributed by atoms with E-state index in [1.54, 1.807) is 11.0 Å². The zero-order chi connectivity index (χ0) is 15.6. The monoisotopic (exact) mass is 353 g/mol. The number of methoxy groups -OCH3 is 1. The van der Waals surface area contributed by atoms with Crippen LogP contribution in [0.3, 0.4) is 0 Å². The number of halogens is 1. The molecule has 1 aliphatic rings. The van der Waals surface area contributed by atoms with E-state index in [4.69, 9.17) is 4.74 Å². The molecule has 0 aromatic heterocycles. The van der Waals surface area contributed by atoms with E-state index >= 15 is 0 Å². The number of rotatable bonds is 5. The molecular weight excluding hydrogens is 334 g/mol. The van der Waals surface area contributed by atoms with Crippen LogP contribution in [0.1, 0.15) is 29.8 Å². The first-order chi connectivity index (χ1) is 9.95. The van der Waals surface area contributed by atoms with Crippen molar-refractivity contribution in [2.45, 2.75) is 25.1 Å². The molecule has 0 radical (unpaired) electrons. The van der Waals surface area contributed by atoms with Crippen LogP contribution in [0.2, 0.25) is 0 Å².